The Hall–Kier alpha value is 0.110. The van der Waals surface area contributed by atoms with Crippen LogP contribution >= 0.6 is 0 Å². The van der Waals surface area contributed by atoms with Crippen molar-refractivity contribution in [1.82, 2.24) is 5.32 Å². The first-order valence-electron chi connectivity index (χ1n) is 4.25. The monoisotopic (exact) mass is 177 g/mol. The molecule has 1 unspecified atom stereocenters. The van der Waals surface area contributed by atoms with Crippen molar-refractivity contribution in [2.75, 3.05) is 18.1 Å². The van der Waals surface area contributed by atoms with Gasteiger partial charge in [-0.1, -0.05) is 20.8 Å². The van der Waals surface area contributed by atoms with Crippen LogP contribution in [0.4, 0.5) is 0 Å². The minimum Gasteiger partial charge on any atom is -0.315 e. The van der Waals surface area contributed by atoms with Crippen molar-refractivity contribution in [2.24, 2.45) is 0 Å². The molecule has 0 saturated carbocycles. The van der Waals surface area contributed by atoms with Crippen LogP contribution < -0.4 is 5.32 Å². The summed E-state index contributed by atoms with van der Waals surface area (Å²) in [5, 5.41) is 3.29. The average Bonchev–Trinajstić information content (AvgIpc) is 1.97. The molecule has 68 valence electrons. The molecular formula is C8H19NOS. The summed E-state index contributed by atoms with van der Waals surface area (Å²) in [5.41, 5.74) is 0. The largest absolute Gasteiger partial charge is 0.315 e. The van der Waals surface area contributed by atoms with Gasteiger partial charge in [-0.15, -0.1) is 0 Å². The molecule has 1 N–H and O–H groups in total. The van der Waals surface area contributed by atoms with Gasteiger partial charge in [-0.3, -0.25) is 4.21 Å². The molecule has 0 aliphatic rings. The fourth-order valence-electron chi connectivity index (χ4n) is 0.768. The smallest absolute Gasteiger partial charge is 0.0246 e. The third-order valence-electron chi connectivity index (χ3n) is 1.42. The molecule has 0 heterocycles. The summed E-state index contributed by atoms with van der Waals surface area (Å²) in [5.74, 6) is 1.64. The van der Waals surface area contributed by atoms with E-state index < -0.39 is 10.8 Å². The minimum absolute atomic E-state index is 0.546. The van der Waals surface area contributed by atoms with Crippen LogP contribution in [0.3, 0.4) is 0 Å². The van der Waals surface area contributed by atoms with Crippen molar-refractivity contribution < 1.29 is 4.21 Å². The van der Waals surface area contributed by atoms with Crippen LogP contribution in [0.2, 0.25) is 0 Å². The maximum Gasteiger partial charge on any atom is 0.0246 e. The molecule has 0 aromatic carbocycles. The van der Waals surface area contributed by atoms with Crippen molar-refractivity contribution in [3.05, 3.63) is 0 Å². The second-order valence-electron chi connectivity index (χ2n) is 2.90. The van der Waals surface area contributed by atoms with Crippen LogP contribution in [0.15, 0.2) is 0 Å². The van der Waals surface area contributed by atoms with E-state index in [-0.39, 0.29) is 0 Å². The van der Waals surface area contributed by atoms with E-state index in [4.69, 9.17) is 0 Å². The van der Waals surface area contributed by atoms with Crippen LogP contribution in [0.1, 0.15) is 27.2 Å². The fourth-order valence-corrected chi connectivity index (χ4v) is 1.52. The van der Waals surface area contributed by atoms with Crippen LogP contribution in [0.25, 0.3) is 0 Å². The van der Waals surface area contributed by atoms with Crippen LogP contribution in [-0.2, 0) is 10.8 Å². The van der Waals surface area contributed by atoms with E-state index in [9.17, 15) is 4.21 Å². The molecule has 1 atom stereocenters. The summed E-state index contributed by atoms with van der Waals surface area (Å²) in [6.45, 7) is 7.20. The maximum atomic E-state index is 10.9. The molecule has 0 aromatic heterocycles. The highest BCUT2D eigenvalue weighted by atomic mass is 32.2. The van der Waals surface area contributed by atoms with Gasteiger partial charge < -0.3 is 5.32 Å². The van der Waals surface area contributed by atoms with E-state index in [1.54, 1.807) is 0 Å². The van der Waals surface area contributed by atoms with Gasteiger partial charge in [-0.05, 0) is 13.0 Å². The normalized spacial score (nSPS) is 13.8. The topological polar surface area (TPSA) is 29.1 Å². The highest BCUT2D eigenvalue weighted by Gasteiger charge is 1.95. The van der Waals surface area contributed by atoms with Crippen molar-refractivity contribution >= 4 is 10.8 Å². The van der Waals surface area contributed by atoms with Crippen LogP contribution in [-0.4, -0.2) is 28.3 Å². The molecule has 0 aliphatic heterocycles. The molecule has 0 radical (unpaired) electrons. The Labute approximate surface area is 72.2 Å². The van der Waals surface area contributed by atoms with E-state index in [0.29, 0.717) is 6.04 Å². The van der Waals surface area contributed by atoms with Gasteiger partial charge >= 0.3 is 0 Å². The summed E-state index contributed by atoms with van der Waals surface area (Å²) >= 11 is 0. The molecule has 0 fully saturated rings. The van der Waals surface area contributed by atoms with Gasteiger partial charge in [-0.2, -0.15) is 0 Å². The Balaban J connectivity index is 3.08. The second-order valence-corrected chi connectivity index (χ2v) is 4.76. The molecule has 0 spiro atoms. The van der Waals surface area contributed by atoms with Gasteiger partial charge in [0.05, 0.1) is 0 Å². The van der Waals surface area contributed by atoms with E-state index in [1.165, 1.54) is 0 Å². The summed E-state index contributed by atoms with van der Waals surface area (Å²) in [4.78, 5) is 0. The van der Waals surface area contributed by atoms with Gasteiger partial charge in [0.15, 0.2) is 0 Å². The maximum absolute atomic E-state index is 10.9. The van der Waals surface area contributed by atoms with E-state index in [0.717, 1.165) is 24.5 Å². The van der Waals surface area contributed by atoms with Gasteiger partial charge in [-0.25, -0.2) is 0 Å². The van der Waals surface area contributed by atoms with Crippen molar-refractivity contribution in [1.29, 1.82) is 0 Å². The first-order chi connectivity index (χ1) is 5.16. The zero-order valence-corrected chi connectivity index (χ0v) is 8.54. The first-order valence-corrected chi connectivity index (χ1v) is 5.74. The zero-order valence-electron chi connectivity index (χ0n) is 7.72. The van der Waals surface area contributed by atoms with Gasteiger partial charge in [0.25, 0.3) is 0 Å². The third-order valence-corrected chi connectivity index (χ3v) is 2.81. The van der Waals surface area contributed by atoms with E-state index >= 15 is 0 Å². The number of hydrogen-bond acceptors (Lipinski definition) is 2. The van der Waals surface area contributed by atoms with Crippen molar-refractivity contribution in [3.8, 4) is 0 Å². The molecule has 0 rings (SSSR count). The molecule has 3 heteroatoms. The fraction of sp³-hybridized carbons (Fsp3) is 1.00. The van der Waals surface area contributed by atoms with Crippen LogP contribution in [0, 0.1) is 0 Å². The molecular weight excluding hydrogens is 158 g/mol. The average molecular weight is 177 g/mol. The molecule has 0 aliphatic carbocycles. The van der Waals surface area contributed by atoms with E-state index in [2.05, 4.69) is 19.2 Å². The van der Waals surface area contributed by atoms with Gasteiger partial charge in [0.2, 0.25) is 0 Å². The summed E-state index contributed by atoms with van der Waals surface area (Å²) < 4.78 is 10.9. The number of nitrogens with one attached hydrogen (secondary N) is 1. The lowest BCUT2D eigenvalue weighted by molar-refractivity contribution is 0.583. The van der Waals surface area contributed by atoms with Gasteiger partial charge in [0, 0.05) is 28.3 Å². The number of rotatable bonds is 6. The molecule has 0 saturated heterocycles. The lowest BCUT2D eigenvalue weighted by Crippen LogP contribution is -2.24. The Bertz CT molecular complexity index is 115. The molecule has 0 aromatic rings. The highest BCUT2D eigenvalue weighted by molar-refractivity contribution is 7.84. The molecule has 0 bridgehead atoms. The predicted octanol–water partition coefficient (Wildman–Crippen LogP) is 1.14. The third kappa shape index (κ3) is 8.01. The quantitative estimate of drug-likeness (QED) is 0.617. The lowest BCUT2D eigenvalue weighted by Gasteiger charge is -2.06. The zero-order chi connectivity index (χ0) is 8.69. The Morgan fingerprint density at radius 1 is 1.45 bits per heavy atom. The molecule has 11 heavy (non-hydrogen) atoms. The van der Waals surface area contributed by atoms with Crippen LogP contribution in [0.5, 0.6) is 0 Å². The SMILES string of the molecule is CCS(=O)CCCNC(C)C. The number of hydrogen-bond donors (Lipinski definition) is 1. The van der Waals surface area contributed by atoms with Gasteiger partial charge in [0.1, 0.15) is 0 Å². The summed E-state index contributed by atoms with van der Waals surface area (Å²) in [6.07, 6.45) is 1.03. The Morgan fingerprint density at radius 2 is 2.09 bits per heavy atom. The molecule has 2 nitrogen and oxygen atoms in total. The predicted molar refractivity (Wildman–Crippen MR) is 51.3 cm³/mol. The second kappa shape index (κ2) is 6.80. The minimum atomic E-state index is -0.582. The first kappa shape index (κ1) is 11.1. The standard InChI is InChI=1S/C8H19NOS/c1-4-11(10)7-5-6-9-8(2)3/h8-9H,4-7H2,1-3H3. The summed E-state index contributed by atoms with van der Waals surface area (Å²) in [7, 11) is -0.582. The lowest BCUT2D eigenvalue weighted by atomic mass is 10.4. The van der Waals surface area contributed by atoms with Crippen molar-refractivity contribution in [3.63, 3.8) is 0 Å². The Kier molecular flexibility index (Phi) is 6.87. The highest BCUT2D eigenvalue weighted by Crippen LogP contribution is 1.86. The summed E-state index contributed by atoms with van der Waals surface area (Å²) in [6, 6.07) is 0.546. The van der Waals surface area contributed by atoms with E-state index in [1.807, 2.05) is 6.92 Å². The molecule has 0 amide bonds. The van der Waals surface area contributed by atoms with Crippen molar-refractivity contribution in [2.45, 2.75) is 33.2 Å². The Morgan fingerprint density at radius 3 is 2.55 bits per heavy atom.